The molecule has 1 N–H and O–H groups in total. The molecule has 1 aromatic rings. The van der Waals surface area contributed by atoms with Crippen molar-refractivity contribution in [1.82, 2.24) is 0 Å². The Morgan fingerprint density at radius 2 is 1.93 bits per heavy atom. The van der Waals surface area contributed by atoms with Crippen LogP contribution < -0.4 is 5.32 Å². The lowest BCUT2D eigenvalue weighted by Crippen LogP contribution is -2.07. The number of anilines is 1. The molecule has 0 aliphatic carbocycles. The zero-order valence-electron chi connectivity index (χ0n) is 9.26. The highest BCUT2D eigenvalue weighted by Crippen LogP contribution is 2.17. The van der Waals surface area contributed by atoms with Crippen LogP contribution in [-0.4, -0.2) is 11.7 Å². The van der Waals surface area contributed by atoms with E-state index in [1.807, 2.05) is 13.0 Å². The summed E-state index contributed by atoms with van der Waals surface area (Å²) >= 11 is 0. The van der Waals surface area contributed by atoms with Crippen molar-refractivity contribution < 1.29 is 9.59 Å². The fourth-order valence-corrected chi connectivity index (χ4v) is 1.51. The van der Waals surface area contributed by atoms with Crippen LogP contribution in [0.1, 0.15) is 36.7 Å². The van der Waals surface area contributed by atoms with Gasteiger partial charge in [-0.3, -0.25) is 9.59 Å². The van der Waals surface area contributed by atoms with Crippen molar-refractivity contribution in [2.45, 2.75) is 27.2 Å². The summed E-state index contributed by atoms with van der Waals surface area (Å²) in [5.41, 5.74) is 2.43. The van der Waals surface area contributed by atoms with Crippen LogP contribution in [0.25, 0.3) is 0 Å². The van der Waals surface area contributed by atoms with E-state index < -0.39 is 0 Å². The van der Waals surface area contributed by atoms with Crippen LogP contribution in [0.3, 0.4) is 0 Å². The largest absolute Gasteiger partial charge is 0.326 e. The quantitative estimate of drug-likeness (QED) is 0.770. The normalized spacial score (nSPS) is 9.80. The molecule has 15 heavy (non-hydrogen) atoms. The van der Waals surface area contributed by atoms with Gasteiger partial charge in [-0.15, -0.1) is 0 Å². The highest BCUT2D eigenvalue weighted by molar-refractivity contribution is 5.96. The Morgan fingerprint density at radius 1 is 1.27 bits per heavy atom. The number of ketones is 1. The zero-order chi connectivity index (χ0) is 11.4. The molecule has 80 valence electrons. The number of aryl methyl sites for hydroxylation is 1. The maximum atomic E-state index is 11.3. The second-order valence-corrected chi connectivity index (χ2v) is 3.46. The van der Waals surface area contributed by atoms with Gasteiger partial charge in [0.25, 0.3) is 0 Å². The second kappa shape index (κ2) is 4.73. The van der Waals surface area contributed by atoms with Gasteiger partial charge in [-0.05, 0) is 37.1 Å². The van der Waals surface area contributed by atoms with Crippen LogP contribution >= 0.6 is 0 Å². The van der Waals surface area contributed by atoms with E-state index in [2.05, 4.69) is 5.32 Å². The van der Waals surface area contributed by atoms with Gasteiger partial charge in [0.15, 0.2) is 5.78 Å². The van der Waals surface area contributed by atoms with Crippen molar-refractivity contribution in [2.24, 2.45) is 0 Å². The Hall–Kier alpha value is -1.64. The lowest BCUT2D eigenvalue weighted by molar-refractivity contribution is -0.114. The van der Waals surface area contributed by atoms with Crippen molar-refractivity contribution in [3.63, 3.8) is 0 Å². The Kier molecular flexibility index (Phi) is 3.61. The first-order valence-corrected chi connectivity index (χ1v) is 4.96. The molecule has 1 rings (SSSR count). The summed E-state index contributed by atoms with van der Waals surface area (Å²) in [5.74, 6) is -0.0474. The third kappa shape index (κ3) is 2.91. The molecule has 0 saturated carbocycles. The number of rotatable bonds is 3. The van der Waals surface area contributed by atoms with E-state index >= 15 is 0 Å². The standard InChI is InChI=1S/C12H15NO2/c1-4-10-7-11(13-9(3)15)5-6-12(10)8(2)14/h5-7H,4H2,1-3H3,(H,13,15). The monoisotopic (exact) mass is 205 g/mol. The van der Waals surface area contributed by atoms with Crippen molar-refractivity contribution in [1.29, 1.82) is 0 Å². The van der Waals surface area contributed by atoms with Gasteiger partial charge in [0, 0.05) is 18.2 Å². The number of hydrogen-bond acceptors (Lipinski definition) is 2. The van der Waals surface area contributed by atoms with Crippen LogP contribution in [0.15, 0.2) is 18.2 Å². The van der Waals surface area contributed by atoms with E-state index in [0.29, 0.717) is 0 Å². The van der Waals surface area contributed by atoms with Crippen LogP contribution in [-0.2, 0) is 11.2 Å². The number of carbonyl (C=O) groups is 2. The van der Waals surface area contributed by atoms with Crippen LogP contribution in [0, 0.1) is 0 Å². The van der Waals surface area contributed by atoms with Gasteiger partial charge < -0.3 is 5.32 Å². The molecule has 0 saturated heterocycles. The number of Topliss-reactive ketones (excluding diaryl/α,β-unsaturated/α-hetero) is 1. The number of benzene rings is 1. The summed E-state index contributed by atoms with van der Waals surface area (Å²) in [5, 5.41) is 2.70. The Labute approximate surface area is 89.5 Å². The predicted molar refractivity (Wildman–Crippen MR) is 60.1 cm³/mol. The van der Waals surface area contributed by atoms with E-state index in [1.54, 1.807) is 19.1 Å². The minimum absolute atomic E-state index is 0.0567. The third-order valence-corrected chi connectivity index (χ3v) is 2.19. The van der Waals surface area contributed by atoms with Crippen LogP contribution in [0.2, 0.25) is 0 Å². The maximum absolute atomic E-state index is 11.3. The molecule has 3 nitrogen and oxygen atoms in total. The van der Waals surface area contributed by atoms with Gasteiger partial charge in [0.2, 0.25) is 5.91 Å². The smallest absolute Gasteiger partial charge is 0.221 e. The topological polar surface area (TPSA) is 46.2 Å². The minimum Gasteiger partial charge on any atom is -0.326 e. The fraction of sp³-hybridized carbons (Fsp3) is 0.333. The molecule has 0 radical (unpaired) electrons. The number of carbonyl (C=O) groups excluding carboxylic acids is 2. The maximum Gasteiger partial charge on any atom is 0.221 e. The van der Waals surface area contributed by atoms with Gasteiger partial charge in [-0.1, -0.05) is 6.92 Å². The van der Waals surface area contributed by atoms with Gasteiger partial charge in [-0.25, -0.2) is 0 Å². The first kappa shape index (κ1) is 11.4. The molecule has 0 bridgehead atoms. The molecule has 0 aliphatic rings. The second-order valence-electron chi connectivity index (χ2n) is 3.46. The van der Waals surface area contributed by atoms with E-state index in [1.165, 1.54) is 6.92 Å². The first-order chi connectivity index (χ1) is 7.04. The summed E-state index contributed by atoms with van der Waals surface area (Å²) in [6.07, 6.45) is 0.780. The minimum atomic E-state index is -0.104. The van der Waals surface area contributed by atoms with Gasteiger partial charge in [0.1, 0.15) is 0 Å². The van der Waals surface area contributed by atoms with E-state index in [9.17, 15) is 9.59 Å². The molecule has 0 unspecified atom stereocenters. The summed E-state index contributed by atoms with van der Waals surface area (Å²) in [6.45, 7) is 5.00. The molecule has 0 fully saturated rings. The van der Waals surface area contributed by atoms with Crippen molar-refractivity contribution in [2.75, 3.05) is 5.32 Å². The Morgan fingerprint density at radius 3 is 2.40 bits per heavy atom. The summed E-state index contributed by atoms with van der Waals surface area (Å²) in [7, 11) is 0. The zero-order valence-corrected chi connectivity index (χ0v) is 9.26. The lowest BCUT2D eigenvalue weighted by Gasteiger charge is -2.08. The average molecular weight is 205 g/mol. The van der Waals surface area contributed by atoms with Gasteiger partial charge in [-0.2, -0.15) is 0 Å². The van der Waals surface area contributed by atoms with Crippen LogP contribution in [0.5, 0.6) is 0 Å². The fourth-order valence-electron chi connectivity index (χ4n) is 1.51. The summed E-state index contributed by atoms with van der Waals surface area (Å²) < 4.78 is 0. The van der Waals surface area contributed by atoms with E-state index in [4.69, 9.17) is 0 Å². The third-order valence-electron chi connectivity index (χ3n) is 2.19. The molecular weight excluding hydrogens is 190 g/mol. The molecule has 0 aromatic heterocycles. The SMILES string of the molecule is CCc1cc(NC(C)=O)ccc1C(C)=O. The average Bonchev–Trinajstić information content (AvgIpc) is 2.16. The molecule has 1 aromatic carbocycles. The molecule has 0 atom stereocenters. The lowest BCUT2D eigenvalue weighted by atomic mass is 10.0. The molecule has 0 heterocycles. The molecule has 3 heteroatoms. The van der Waals surface area contributed by atoms with Crippen LogP contribution in [0.4, 0.5) is 5.69 Å². The predicted octanol–water partition coefficient (Wildman–Crippen LogP) is 2.41. The highest BCUT2D eigenvalue weighted by atomic mass is 16.1. The van der Waals surface area contributed by atoms with Gasteiger partial charge in [0.05, 0.1) is 0 Å². The molecule has 1 amide bonds. The van der Waals surface area contributed by atoms with Crippen molar-refractivity contribution in [3.05, 3.63) is 29.3 Å². The summed E-state index contributed by atoms with van der Waals surface area (Å²) in [4.78, 5) is 22.1. The molecule has 0 spiro atoms. The highest BCUT2D eigenvalue weighted by Gasteiger charge is 2.06. The first-order valence-electron chi connectivity index (χ1n) is 4.96. The van der Waals surface area contributed by atoms with E-state index in [0.717, 1.165) is 23.2 Å². The number of hydrogen-bond donors (Lipinski definition) is 1. The summed E-state index contributed by atoms with van der Waals surface area (Å²) in [6, 6.07) is 5.35. The molecule has 0 aliphatic heterocycles. The van der Waals surface area contributed by atoms with Crippen molar-refractivity contribution in [3.8, 4) is 0 Å². The van der Waals surface area contributed by atoms with E-state index in [-0.39, 0.29) is 11.7 Å². The Balaban J connectivity index is 3.07. The molecular formula is C12H15NO2. The van der Waals surface area contributed by atoms with Crippen molar-refractivity contribution >= 4 is 17.4 Å². The number of nitrogens with one attached hydrogen (secondary N) is 1. The Bertz CT molecular complexity index is 397. The number of amides is 1. The van der Waals surface area contributed by atoms with Gasteiger partial charge >= 0.3 is 0 Å².